The van der Waals surface area contributed by atoms with Crippen LogP contribution >= 0.6 is 0 Å². The molecule has 0 bridgehead atoms. The first-order valence-corrected chi connectivity index (χ1v) is 9.45. The van der Waals surface area contributed by atoms with Gasteiger partial charge >= 0.3 is 0 Å². The number of para-hydroxylation sites is 2. The molecule has 0 aliphatic heterocycles. The molecule has 0 fully saturated rings. The van der Waals surface area contributed by atoms with Crippen LogP contribution in [0.4, 0.5) is 0 Å². The molecule has 6 heteroatoms. The summed E-state index contributed by atoms with van der Waals surface area (Å²) in [6.45, 7) is 8.03. The summed E-state index contributed by atoms with van der Waals surface area (Å²) in [5, 5.41) is 0.479. The smallest absolute Gasteiger partial charge is 0.265 e. The summed E-state index contributed by atoms with van der Waals surface area (Å²) in [5.41, 5.74) is 5.18. The number of hydrogen-bond acceptors (Lipinski definition) is 4. The molecule has 5 aromatic rings. The molecule has 0 radical (unpaired) electrons. The van der Waals surface area contributed by atoms with Crippen molar-refractivity contribution >= 4 is 33.2 Å². The van der Waals surface area contributed by atoms with Gasteiger partial charge in [-0.1, -0.05) is 30.3 Å². The molecule has 0 amide bonds. The Kier molecular flexibility index (Phi) is 3.81. The Morgan fingerprint density at radius 1 is 0.966 bits per heavy atom. The monoisotopic (exact) mass is 381 g/mol. The number of rotatable bonds is 3. The van der Waals surface area contributed by atoms with E-state index in [2.05, 4.69) is 12.6 Å². The maximum Gasteiger partial charge on any atom is 0.265 e. The van der Waals surface area contributed by atoms with Gasteiger partial charge in [0.1, 0.15) is 16.7 Å². The van der Waals surface area contributed by atoms with Crippen molar-refractivity contribution in [2.45, 2.75) is 20.4 Å². The fourth-order valence-electron chi connectivity index (χ4n) is 3.79. The summed E-state index contributed by atoms with van der Waals surface area (Å²) in [4.78, 5) is 27.8. The fourth-order valence-corrected chi connectivity index (χ4v) is 3.79. The van der Waals surface area contributed by atoms with Gasteiger partial charge in [-0.05, 0) is 43.7 Å². The van der Waals surface area contributed by atoms with Crippen LogP contribution in [0.25, 0.3) is 38.9 Å². The molecule has 3 heterocycles. The molecule has 0 saturated carbocycles. The van der Waals surface area contributed by atoms with E-state index >= 15 is 0 Å². The van der Waals surface area contributed by atoms with Crippen LogP contribution in [-0.4, -0.2) is 24.1 Å². The van der Waals surface area contributed by atoms with E-state index in [-0.39, 0.29) is 5.56 Å². The number of aryl methyl sites for hydroxylation is 2. The summed E-state index contributed by atoms with van der Waals surface area (Å²) in [5.74, 6) is 0.628. The van der Waals surface area contributed by atoms with Crippen molar-refractivity contribution in [1.29, 1.82) is 0 Å². The number of allylic oxidation sites excluding steroid dienone is 1. The summed E-state index contributed by atoms with van der Waals surface area (Å²) in [6.07, 6.45) is 1.70. The van der Waals surface area contributed by atoms with Crippen molar-refractivity contribution in [2.75, 3.05) is 0 Å². The van der Waals surface area contributed by atoms with Crippen molar-refractivity contribution in [3.8, 4) is 5.69 Å². The molecule has 3 aromatic heterocycles. The average molecular weight is 381 g/mol. The average Bonchev–Trinajstić information content (AvgIpc) is 3.02. The Hall–Kier alpha value is -3.80. The van der Waals surface area contributed by atoms with E-state index < -0.39 is 0 Å². The van der Waals surface area contributed by atoms with Crippen molar-refractivity contribution in [2.24, 2.45) is 0 Å². The highest BCUT2D eigenvalue weighted by molar-refractivity contribution is 6.05. The fraction of sp³-hybridized carbons (Fsp3) is 0.130. The molecule has 6 nitrogen and oxygen atoms in total. The van der Waals surface area contributed by atoms with Gasteiger partial charge < -0.3 is 0 Å². The van der Waals surface area contributed by atoms with Gasteiger partial charge in [0, 0.05) is 12.2 Å². The van der Waals surface area contributed by atoms with E-state index in [4.69, 9.17) is 15.0 Å². The lowest BCUT2D eigenvalue weighted by molar-refractivity contribution is 0.727. The Morgan fingerprint density at radius 2 is 1.72 bits per heavy atom. The second-order valence-electron chi connectivity index (χ2n) is 7.12. The van der Waals surface area contributed by atoms with Gasteiger partial charge in [0.05, 0.1) is 11.0 Å². The highest BCUT2D eigenvalue weighted by Gasteiger charge is 2.21. The van der Waals surface area contributed by atoms with E-state index in [0.29, 0.717) is 34.6 Å². The second-order valence-corrected chi connectivity index (χ2v) is 7.12. The third kappa shape index (κ3) is 2.56. The third-order valence-electron chi connectivity index (χ3n) is 5.13. The number of benzene rings is 2. The second kappa shape index (κ2) is 6.38. The van der Waals surface area contributed by atoms with Crippen LogP contribution in [0, 0.1) is 13.8 Å². The quantitative estimate of drug-likeness (QED) is 0.442. The van der Waals surface area contributed by atoms with Crippen LogP contribution in [0.2, 0.25) is 0 Å². The van der Waals surface area contributed by atoms with Crippen LogP contribution in [0.1, 0.15) is 11.4 Å². The molecular formula is C23H19N5O. The first-order valence-electron chi connectivity index (χ1n) is 9.45. The number of hydrogen-bond donors (Lipinski definition) is 0. The minimum Gasteiger partial charge on any atom is -0.292 e. The summed E-state index contributed by atoms with van der Waals surface area (Å²) < 4.78 is 3.55. The molecular weight excluding hydrogens is 362 g/mol. The standard InChI is InChI=1S/C23H19N5O/c1-4-12-27-15(3)24-21-19(23(27)29)20-22(26-18-11-6-5-10-17(18)25-20)28(21)16-9-7-8-14(2)13-16/h4-11,13H,1,12H2,2-3H3. The summed E-state index contributed by atoms with van der Waals surface area (Å²) in [7, 11) is 0. The first kappa shape index (κ1) is 17.3. The van der Waals surface area contributed by atoms with E-state index in [1.54, 1.807) is 10.6 Å². The Labute approximate surface area is 166 Å². The molecule has 5 rings (SSSR count). The minimum absolute atomic E-state index is 0.131. The normalized spacial score (nSPS) is 11.5. The van der Waals surface area contributed by atoms with E-state index in [0.717, 1.165) is 22.3 Å². The van der Waals surface area contributed by atoms with Crippen LogP contribution in [0.5, 0.6) is 0 Å². The van der Waals surface area contributed by atoms with Crippen LogP contribution < -0.4 is 5.56 Å². The maximum atomic E-state index is 13.4. The summed E-state index contributed by atoms with van der Waals surface area (Å²) >= 11 is 0. The van der Waals surface area contributed by atoms with Crippen molar-refractivity contribution in [3.05, 3.63) is 82.9 Å². The van der Waals surface area contributed by atoms with Crippen LogP contribution in [0.15, 0.2) is 66.0 Å². The zero-order valence-electron chi connectivity index (χ0n) is 16.3. The van der Waals surface area contributed by atoms with Gasteiger partial charge in [-0.3, -0.25) is 13.9 Å². The van der Waals surface area contributed by atoms with Crippen molar-refractivity contribution < 1.29 is 0 Å². The third-order valence-corrected chi connectivity index (χ3v) is 5.13. The minimum atomic E-state index is -0.131. The predicted octanol–water partition coefficient (Wildman–Crippen LogP) is 4.09. The largest absolute Gasteiger partial charge is 0.292 e. The van der Waals surface area contributed by atoms with Gasteiger partial charge in [0.2, 0.25) is 0 Å². The van der Waals surface area contributed by atoms with Crippen molar-refractivity contribution in [3.63, 3.8) is 0 Å². The van der Waals surface area contributed by atoms with E-state index in [1.165, 1.54) is 0 Å². The lowest BCUT2D eigenvalue weighted by Crippen LogP contribution is -2.23. The van der Waals surface area contributed by atoms with Gasteiger partial charge in [-0.2, -0.15) is 0 Å². The lowest BCUT2D eigenvalue weighted by atomic mass is 10.2. The van der Waals surface area contributed by atoms with Gasteiger partial charge in [-0.15, -0.1) is 6.58 Å². The maximum absolute atomic E-state index is 13.4. The van der Waals surface area contributed by atoms with Gasteiger partial charge in [0.15, 0.2) is 11.3 Å². The highest BCUT2D eigenvalue weighted by Crippen LogP contribution is 2.28. The molecule has 0 aliphatic carbocycles. The van der Waals surface area contributed by atoms with E-state index in [1.807, 2.05) is 60.9 Å². The molecule has 0 unspecified atom stereocenters. The first-order chi connectivity index (χ1) is 14.1. The molecule has 29 heavy (non-hydrogen) atoms. The zero-order chi connectivity index (χ0) is 20.1. The number of nitrogens with zero attached hydrogens (tertiary/aromatic N) is 5. The van der Waals surface area contributed by atoms with E-state index in [9.17, 15) is 4.79 Å². The van der Waals surface area contributed by atoms with Gasteiger partial charge in [0.25, 0.3) is 5.56 Å². The molecule has 2 aromatic carbocycles. The van der Waals surface area contributed by atoms with Crippen molar-refractivity contribution in [1.82, 2.24) is 24.1 Å². The number of fused-ring (bicyclic) bond motifs is 4. The Bertz CT molecular complexity index is 1490. The molecule has 0 atom stereocenters. The molecule has 0 aliphatic rings. The predicted molar refractivity (Wildman–Crippen MR) is 116 cm³/mol. The van der Waals surface area contributed by atoms with Crippen LogP contribution in [-0.2, 0) is 6.54 Å². The van der Waals surface area contributed by atoms with Gasteiger partial charge in [-0.25, -0.2) is 15.0 Å². The Balaban J connectivity index is 2.04. The molecule has 0 N–H and O–H groups in total. The lowest BCUT2D eigenvalue weighted by Gasteiger charge is -2.09. The molecule has 0 spiro atoms. The molecule has 0 saturated heterocycles. The number of aromatic nitrogens is 5. The topological polar surface area (TPSA) is 65.6 Å². The van der Waals surface area contributed by atoms with Crippen LogP contribution in [0.3, 0.4) is 0 Å². The highest BCUT2D eigenvalue weighted by atomic mass is 16.1. The zero-order valence-corrected chi connectivity index (χ0v) is 16.3. The molecule has 142 valence electrons. The summed E-state index contributed by atoms with van der Waals surface area (Å²) in [6, 6.07) is 15.8. The Morgan fingerprint density at radius 3 is 2.45 bits per heavy atom. The SMILES string of the molecule is C=CCn1c(C)nc2c(c1=O)c1nc3ccccc3nc1n2-c1cccc(C)c1.